The van der Waals surface area contributed by atoms with Gasteiger partial charge < -0.3 is 5.73 Å². The molecule has 2 rings (SSSR count). The smallest absolute Gasteiger partial charge is 0.168 e. The number of hydrogen-bond acceptors (Lipinski definition) is 2. The second-order valence-electron chi connectivity index (χ2n) is 4.11. The SMILES string of the molecule is CC(C)n1cc(N)c(-c2cccc(F)c2F)n1. The van der Waals surface area contributed by atoms with Gasteiger partial charge in [-0.3, -0.25) is 4.68 Å². The Hall–Kier alpha value is -1.91. The summed E-state index contributed by atoms with van der Waals surface area (Å²) in [7, 11) is 0. The lowest BCUT2D eigenvalue weighted by Crippen LogP contribution is -2.01. The maximum atomic E-state index is 13.6. The van der Waals surface area contributed by atoms with Gasteiger partial charge in [0.15, 0.2) is 11.6 Å². The van der Waals surface area contributed by atoms with Crippen LogP contribution in [0, 0.1) is 11.6 Å². The number of halogens is 2. The van der Waals surface area contributed by atoms with Crippen molar-refractivity contribution >= 4 is 5.69 Å². The molecule has 0 spiro atoms. The summed E-state index contributed by atoms with van der Waals surface area (Å²) in [6, 6.07) is 4.07. The lowest BCUT2D eigenvalue weighted by Gasteiger charge is -2.04. The summed E-state index contributed by atoms with van der Waals surface area (Å²) in [4.78, 5) is 0. The summed E-state index contributed by atoms with van der Waals surface area (Å²) >= 11 is 0. The molecule has 2 aromatic rings. The molecule has 0 atom stereocenters. The highest BCUT2D eigenvalue weighted by atomic mass is 19.2. The van der Waals surface area contributed by atoms with E-state index in [0.29, 0.717) is 5.69 Å². The van der Waals surface area contributed by atoms with Crippen LogP contribution in [-0.4, -0.2) is 9.78 Å². The molecular formula is C12H13F2N3. The van der Waals surface area contributed by atoms with Crippen LogP contribution in [0.15, 0.2) is 24.4 Å². The highest BCUT2D eigenvalue weighted by Gasteiger charge is 2.16. The first-order valence-corrected chi connectivity index (χ1v) is 5.29. The van der Waals surface area contributed by atoms with E-state index in [2.05, 4.69) is 5.10 Å². The average Bonchev–Trinajstić information content (AvgIpc) is 2.65. The van der Waals surface area contributed by atoms with Crippen LogP contribution in [0.25, 0.3) is 11.3 Å². The Morgan fingerprint density at radius 2 is 2.00 bits per heavy atom. The largest absolute Gasteiger partial charge is 0.396 e. The molecule has 0 bridgehead atoms. The van der Waals surface area contributed by atoms with Crippen molar-refractivity contribution in [2.24, 2.45) is 0 Å². The van der Waals surface area contributed by atoms with Gasteiger partial charge in [0, 0.05) is 17.8 Å². The number of nitrogens with zero attached hydrogens (tertiary/aromatic N) is 2. The maximum absolute atomic E-state index is 13.6. The first kappa shape index (κ1) is 11.6. The molecule has 0 fully saturated rings. The fourth-order valence-corrected chi connectivity index (χ4v) is 1.57. The van der Waals surface area contributed by atoms with Gasteiger partial charge in [0.25, 0.3) is 0 Å². The molecule has 1 aromatic heterocycles. The van der Waals surface area contributed by atoms with Crippen molar-refractivity contribution in [2.75, 3.05) is 5.73 Å². The Balaban J connectivity index is 2.57. The van der Waals surface area contributed by atoms with E-state index in [-0.39, 0.29) is 17.3 Å². The Morgan fingerprint density at radius 1 is 1.29 bits per heavy atom. The first-order chi connectivity index (χ1) is 8.00. The fraction of sp³-hybridized carbons (Fsp3) is 0.250. The molecule has 0 aliphatic heterocycles. The van der Waals surface area contributed by atoms with Crippen molar-refractivity contribution in [1.82, 2.24) is 9.78 Å². The van der Waals surface area contributed by atoms with Gasteiger partial charge in [-0.25, -0.2) is 8.78 Å². The van der Waals surface area contributed by atoms with Crippen molar-refractivity contribution in [3.63, 3.8) is 0 Å². The van der Waals surface area contributed by atoms with Crippen molar-refractivity contribution in [3.8, 4) is 11.3 Å². The predicted octanol–water partition coefficient (Wildman–Crippen LogP) is 2.99. The fourth-order valence-electron chi connectivity index (χ4n) is 1.57. The molecule has 0 amide bonds. The van der Waals surface area contributed by atoms with Gasteiger partial charge in [0.2, 0.25) is 0 Å². The van der Waals surface area contributed by atoms with E-state index in [1.165, 1.54) is 12.1 Å². The second kappa shape index (κ2) is 4.16. The van der Waals surface area contributed by atoms with Crippen molar-refractivity contribution in [3.05, 3.63) is 36.0 Å². The van der Waals surface area contributed by atoms with Crippen molar-refractivity contribution in [2.45, 2.75) is 19.9 Å². The predicted molar refractivity (Wildman–Crippen MR) is 62.4 cm³/mol. The van der Waals surface area contributed by atoms with Gasteiger partial charge in [0.05, 0.1) is 5.69 Å². The number of rotatable bonds is 2. The van der Waals surface area contributed by atoms with E-state index in [4.69, 9.17) is 5.73 Å². The zero-order valence-corrected chi connectivity index (χ0v) is 9.61. The third kappa shape index (κ3) is 2.00. The van der Waals surface area contributed by atoms with E-state index < -0.39 is 11.6 Å². The van der Waals surface area contributed by atoms with E-state index in [1.807, 2.05) is 13.8 Å². The average molecular weight is 237 g/mol. The highest BCUT2D eigenvalue weighted by Crippen LogP contribution is 2.28. The van der Waals surface area contributed by atoms with Crippen LogP contribution in [0.1, 0.15) is 19.9 Å². The summed E-state index contributed by atoms with van der Waals surface area (Å²) in [5.41, 5.74) is 6.45. The lowest BCUT2D eigenvalue weighted by atomic mass is 10.1. The molecule has 0 saturated carbocycles. The molecule has 1 aromatic carbocycles. The minimum absolute atomic E-state index is 0.0851. The molecule has 2 N–H and O–H groups in total. The summed E-state index contributed by atoms with van der Waals surface area (Å²) in [6.45, 7) is 3.86. The van der Waals surface area contributed by atoms with Gasteiger partial charge in [-0.15, -0.1) is 0 Å². The molecule has 0 aliphatic carbocycles. The van der Waals surface area contributed by atoms with Crippen molar-refractivity contribution in [1.29, 1.82) is 0 Å². The van der Waals surface area contributed by atoms with Crippen LogP contribution < -0.4 is 5.73 Å². The van der Waals surface area contributed by atoms with Crippen LogP contribution in [0.2, 0.25) is 0 Å². The standard InChI is InChI=1S/C12H13F2N3/c1-7(2)17-6-10(15)12(16-17)8-4-3-5-9(13)11(8)14/h3-7H,15H2,1-2H3. The minimum Gasteiger partial charge on any atom is -0.396 e. The maximum Gasteiger partial charge on any atom is 0.168 e. The van der Waals surface area contributed by atoms with E-state index in [9.17, 15) is 8.78 Å². The molecular weight excluding hydrogens is 224 g/mol. The van der Waals surface area contributed by atoms with Gasteiger partial charge in [-0.2, -0.15) is 5.10 Å². The zero-order chi connectivity index (χ0) is 12.6. The van der Waals surface area contributed by atoms with Crippen LogP contribution in [0.4, 0.5) is 14.5 Å². The monoisotopic (exact) mass is 237 g/mol. The molecule has 90 valence electrons. The quantitative estimate of drug-likeness (QED) is 0.872. The summed E-state index contributed by atoms with van der Waals surface area (Å²) in [5.74, 6) is -1.82. The van der Waals surface area contributed by atoms with Gasteiger partial charge in [-0.1, -0.05) is 6.07 Å². The van der Waals surface area contributed by atoms with Crippen LogP contribution in [-0.2, 0) is 0 Å². The lowest BCUT2D eigenvalue weighted by molar-refractivity contribution is 0.509. The van der Waals surface area contributed by atoms with Gasteiger partial charge >= 0.3 is 0 Å². The normalized spacial score (nSPS) is 11.1. The summed E-state index contributed by atoms with van der Waals surface area (Å²) in [5, 5.41) is 4.17. The third-order valence-corrected chi connectivity index (χ3v) is 2.50. The van der Waals surface area contributed by atoms with Crippen LogP contribution in [0.5, 0.6) is 0 Å². The Bertz CT molecular complexity index is 547. The Kier molecular flexibility index (Phi) is 2.83. The Labute approximate surface area is 97.9 Å². The molecule has 0 unspecified atom stereocenters. The molecule has 1 heterocycles. The molecule has 0 saturated heterocycles. The number of nitrogen functional groups attached to an aromatic ring is 1. The van der Waals surface area contributed by atoms with Crippen LogP contribution in [0.3, 0.4) is 0 Å². The molecule has 0 aliphatic rings. The van der Waals surface area contributed by atoms with E-state index >= 15 is 0 Å². The van der Waals surface area contributed by atoms with E-state index in [1.54, 1.807) is 10.9 Å². The number of benzene rings is 1. The second-order valence-corrected chi connectivity index (χ2v) is 4.11. The van der Waals surface area contributed by atoms with Gasteiger partial charge in [0.1, 0.15) is 5.69 Å². The Morgan fingerprint density at radius 3 is 2.59 bits per heavy atom. The molecule has 17 heavy (non-hydrogen) atoms. The van der Waals surface area contributed by atoms with Crippen LogP contribution >= 0.6 is 0 Å². The molecule has 0 radical (unpaired) electrons. The van der Waals surface area contributed by atoms with Gasteiger partial charge in [-0.05, 0) is 26.0 Å². The number of hydrogen-bond donors (Lipinski definition) is 1. The van der Waals surface area contributed by atoms with E-state index in [0.717, 1.165) is 6.07 Å². The minimum atomic E-state index is -0.923. The zero-order valence-electron chi connectivity index (χ0n) is 9.61. The third-order valence-electron chi connectivity index (χ3n) is 2.50. The topological polar surface area (TPSA) is 43.8 Å². The molecule has 5 heteroatoms. The first-order valence-electron chi connectivity index (χ1n) is 5.29. The summed E-state index contributed by atoms with van der Waals surface area (Å²) in [6.07, 6.45) is 1.62. The number of aromatic nitrogens is 2. The number of nitrogens with two attached hydrogens (primary N) is 1. The summed E-state index contributed by atoms with van der Waals surface area (Å²) < 4.78 is 28.3. The van der Waals surface area contributed by atoms with Crippen molar-refractivity contribution < 1.29 is 8.78 Å². The number of anilines is 1. The molecule has 3 nitrogen and oxygen atoms in total. The highest BCUT2D eigenvalue weighted by molar-refractivity contribution is 5.72.